The van der Waals surface area contributed by atoms with Gasteiger partial charge in [0, 0.05) is 20.0 Å². The maximum absolute atomic E-state index is 13.3. The van der Waals surface area contributed by atoms with Gasteiger partial charge in [0.05, 0.1) is 11.7 Å². The summed E-state index contributed by atoms with van der Waals surface area (Å²) in [7, 11) is 1.61. The molecule has 0 aliphatic carbocycles. The SMILES string of the molecule is CN(C(=O)OC(C)(C)C)c1cc2ccccc2cc1C[C@@H](N)C(=O)NCCCC[C@H](NC(=O)N[C@@H](CCC(=O)OC(C)(C)C)C(=O)OC(C)(C)C)C(=O)OC(C)(C)C. The number of nitrogens with two attached hydrogens (primary N) is 1. The summed E-state index contributed by atoms with van der Waals surface area (Å²) in [5, 5.41) is 9.84. The number of hydrogen-bond acceptors (Lipinski definition) is 11. The lowest BCUT2D eigenvalue weighted by Gasteiger charge is -2.27. The Labute approximate surface area is 343 Å². The van der Waals surface area contributed by atoms with Gasteiger partial charge in [0.25, 0.3) is 0 Å². The van der Waals surface area contributed by atoms with Gasteiger partial charge in [-0.25, -0.2) is 19.2 Å². The molecule has 58 heavy (non-hydrogen) atoms. The van der Waals surface area contributed by atoms with Gasteiger partial charge < -0.3 is 40.6 Å². The molecule has 2 aromatic rings. The maximum atomic E-state index is 13.3. The smallest absolute Gasteiger partial charge is 0.414 e. The number of unbranched alkanes of at least 4 members (excludes halogenated alkanes) is 1. The van der Waals surface area contributed by atoms with E-state index in [2.05, 4.69) is 16.0 Å². The lowest BCUT2D eigenvalue weighted by Crippen LogP contribution is -2.53. The molecule has 0 unspecified atom stereocenters. The van der Waals surface area contributed by atoms with Crippen molar-refractivity contribution in [3.8, 4) is 0 Å². The zero-order valence-electron chi connectivity index (χ0n) is 36.8. The summed E-state index contributed by atoms with van der Waals surface area (Å²) in [6, 6.07) is 7.37. The van der Waals surface area contributed by atoms with E-state index >= 15 is 0 Å². The van der Waals surface area contributed by atoms with E-state index in [-0.39, 0.29) is 32.2 Å². The number of esters is 3. The van der Waals surface area contributed by atoms with Crippen LogP contribution in [0.5, 0.6) is 0 Å². The third-order valence-corrected chi connectivity index (χ3v) is 8.02. The maximum Gasteiger partial charge on any atom is 0.414 e. The molecule has 2 rings (SSSR count). The summed E-state index contributed by atoms with van der Waals surface area (Å²) < 4.78 is 22.0. The van der Waals surface area contributed by atoms with Gasteiger partial charge in [-0.3, -0.25) is 14.5 Å². The summed E-state index contributed by atoms with van der Waals surface area (Å²) in [5.41, 5.74) is 4.50. The van der Waals surface area contributed by atoms with Crippen molar-refractivity contribution >= 4 is 52.4 Å². The second-order valence-electron chi connectivity index (χ2n) is 18.4. The van der Waals surface area contributed by atoms with Crippen LogP contribution < -0.4 is 26.6 Å². The fourth-order valence-electron chi connectivity index (χ4n) is 5.58. The number of anilines is 1. The number of urea groups is 1. The molecule has 0 bridgehead atoms. The van der Waals surface area contributed by atoms with Gasteiger partial charge in [-0.2, -0.15) is 0 Å². The number of amides is 4. The normalized spacial score (nSPS) is 13.7. The first-order valence-electron chi connectivity index (χ1n) is 19.8. The standard InChI is InChI=1S/C43H67N5O10/c1-40(2,3)55-34(49)22-21-32(37(52)57-42(7,8)9)47-38(53)46-31(36(51)56-41(4,5)6)20-16-17-23-45-35(50)30(44)25-29-24-27-18-14-15-19-28(27)26-33(29)48(13)39(54)58-43(10,11)12/h14-15,18-19,24,26,30-32H,16-17,20-23,25,44H2,1-13H3,(H,45,50)(H2,46,47,53)/t30-,31+,32+/m1/s1. The van der Waals surface area contributed by atoms with Crippen molar-refractivity contribution < 1.29 is 47.7 Å². The van der Waals surface area contributed by atoms with Crippen LogP contribution in [-0.2, 0) is 44.5 Å². The Balaban J connectivity index is 2.09. The van der Waals surface area contributed by atoms with Crippen molar-refractivity contribution in [3.05, 3.63) is 42.0 Å². The molecule has 5 N–H and O–H groups in total. The Bertz CT molecular complexity index is 1750. The average molecular weight is 814 g/mol. The van der Waals surface area contributed by atoms with Crippen LogP contribution in [0.1, 0.15) is 121 Å². The molecule has 0 saturated heterocycles. The quantitative estimate of drug-likeness (QED) is 0.0852. The first-order chi connectivity index (χ1) is 26.5. The highest BCUT2D eigenvalue weighted by atomic mass is 16.6. The molecular formula is C43H67N5O10. The molecule has 3 atom stereocenters. The van der Waals surface area contributed by atoms with E-state index in [4.69, 9.17) is 24.7 Å². The van der Waals surface area contributed by atoms with Crippen LogP contribution in [-0.4, -0.2) is 90.1 Å². The van der Waals surface area contributed by atoms with E-state index < -0.39 is 76.5 Å². The first-order valence-corrected chi connectivity index (χ1v) is 19.8. The molecule has 0 saturated carbocycles. The lowest BCUT2D eigenvalue weighted by atomic mass is 9.98. The molecule has 4 amide bonds. The lowest BCUT2D eigenvalue weighted by molar-refractivity contribution is -0.159. The molecule has 0 spiro atoms. The minimum atomic E-state index is -1.21. The predicted molar refractivity (Wildman–Crippen MR) is 223 cm³/mol. The molecule has 324 valence electrons. The largest absolute Gasteiger partial charge is 0.460 e. The van der Waals surface area contributed by atoms with Crippen molar-refractivity contribution in [3.63, 3.8) is 0 Å². The topological polar surface area (TPSA) is 205 Å². The van der Waals surface area contributed by atoms with Gasteiger partial charge >= 0.3 is 30.0 Å². The number of fused-ring (bicyclic) bond motifs is 1. The number of benzene rings is 2. The minimum Gasteiger partial charge on any atom is -0.460 e. The Morgan fingerprint density at radius 2 is 1.16 bits per heavy atom. The van der Waals surface area contributed by atoms with Gasteiger partial charge in [0.1, 0.15) is 34.5 Å². The zero-order chi connectivity index (χ0) is 44.2. The summed E-state index contributed by atoms with van der Waals surface area (Å²) in [4.78, 5) is 79.5. The Kier molecular flexibility index (Phi) is 17.5. The Morgan fingerprint density at radius 1 is 0.672 bits per heavy atom. The van der Waals surface area contributed by atoms with E-state index in [0.717, 1.165) is 10.8 Å². The fourth-order valence-corrected chi connectivity index (χ4v) is 5.58. The van der Waals surface area contributed by atoms with Crippen molar-refractivity contribution in [1.82, 2.24) is 16.0 Å². The van der Waals surface area contributed by atoms with Crippen LogP contribution in [0.25, 0.3) is 10.8 Å². The minimum absolute atomic E-state index is 0.0984. The molecule has 0 aromatic heterocycles. The summed E-state index contributed by atoms with van der Waals surface area (Å²) in [6.45, 7) is 20.9. The van der Waals surface area contributed by atoms with Gasteiger partial charge in [-0.15, -0.1) is 0 Å². The van der Waals surface area contributed by atoms with Crippen LogP contribution in [0.4, 0.5) is 15.3 Å². The number of rotatable bonds is 16. The number of ether oxygens (including phenoxy) is 4. The molecule has 15 heteroatoms. The third-order valence-electron chi connectivity index (χ3n) is 8.02. The number of nitrogens with zero attached hydrogens (tertiary/aromatic N) is 1. The van der Waals surface area contributed by atoms with E-state index in [1.54, 1.807) is 90.1 Å². The van der Waals surface area contributed by atoms with E-state index in [1.807, 2.05) is 36.4 Å². The molecule has 0 aliphatic rings. The predicted octanol–water partition coefficient (Wildman–Crippen LogP) is 6.21. The highest BCUT2D eigenvalue weighted by Crippen LogP contribution is 2.29. The highest BCUT2D eigenvalue weighted by Gasteiger charge is 2.32. The molecule has 2 aromatic carbocycles. The second-order valence-corrected chi connectivity index (χ2v) is 18.4. The van der Waals surface area contributed by atoms with Gasteiger partial charge in [-0.05, 0) is 144 Å². The number of nitrogens with one attached hydrogen (secondary N) is 3. The van der Waals surface area contributed by atoms with E-state index in [9.17, 15) is 28.8 Å². The molecule has 15 nitrogen and oxygen atoms in total. The van der Waals surface area contributed by atoms with E-state index in [1.165, 1.54) is 4.90 Å². The molecule has 0 radical (unpaired) electrons. The van der Waals surface area contributed by atoms with Crippen molar-refractivity contribution in [2.45, 2.75) is 162 Å². The van der Waals surface area contributed by atoms with Crippen molar-refractivity contribution in [2.24, 2.45) is 5.73 Å². The Hall–Kier alpha value is -4.92. The van der Waals surface area contributed by atoms with Crippen molar-refractivity contribution in [1.29, 1.82) is 0 Å². The summed E-state index contributed by atoms with van der Waals surface area (Å²) in [5.74, 6) is -2.38. The van der Waals surface area contributed by atoms with Crippen LogP contribution in [0.3, 0.4) is 0 Å². The molecule has 0 heterocycles. The number of carbonyl (C=O) groups excluding carboxylic acids is 6. The number of hydrogen-bond donors (Lipinski definition) is 4. The molecule has 0 aliphatic heterocycles. The Morgan fingerprint density at radius 3 is 1.66 bits per heavy atom. The molecule has 0 fully saturated rings. The van der Waals surface area contributed by atoms with Crippen LogP contribution in [0.15, 0.2) is 36.4 Å². The van der Waals surface area contributed by atoms with Gasteiger partial charge in [-0.1, -0.05) is 24.3 Å². The third kappa shape index (κ3) is 18.6. The monoisotopic (exact) mass is 813 g/mol. The fraction of sp³-hybridized carbons (Fsp3) is 0.628. The first kappa shape index (κ1) is 49.2. The van der Waals surface area contributed by atoms with Gasteiger partial charge in [0.15, 0.2) is 0 Å². The second kappa shape index (κ2) is 20.7. The van der Waals surface area contributed by atoms with Crippen molar-refractivity contribution in [2.75, 3.05) is 18.5 Å². The van der Waals surface area contributed by atoms with Crippen LogP contribution in [0.2, 0.25) is 0 Å². The number of carbonyl (C=O) groups is 6. The average Bonchev–Trinajstić information content (AvgIpc) is 3.05. The van der Waals surface area contributed by atoms with Gasteiger partial charge in [0.2, 0.25) is 5.91 Å². The summed E-state index contributed by atoms with van der Waals surface area (Å²) >= 11 is 0. The molecular weight excluding hydrogens is 746 g/mol. The zero-order valence-corrected chi connectivity index (χ0v) is 36.8. The summed E-state index contributed by atoms with van der Waals surface area (Å²) in [6.07, 6.45) is 0.304. The van der Waals surface area contributed by atoms with Crippen LogP contribution >= 0.6 is 0 Å². The van der Waals surface area contributed by atoms with E-state index in [0.29, 0.717) is 24.1 Å². The van der Waals surface area contributed by atoms with Crippen LogP contribution in [0, 0.1) is 0 Å². The highest BCUT2D eigenvalue weighted by molar-refractivity contribution is 5.95.